The highest BCUT2D eigenvalue weighted by molar-refractivity contribution is 5.90. The second kappa shape index (κ2) is 9.05. The van der Waals surface area contributed by atoms with E-state index in [0.717, 1.165) is 5.56 Å². The summed E-state index contributed by atoms with van der Waals surface area (Å²) in [6, 6.07) is 7.18. The topological polar surface area (TPSA) is 87.3 Å². The minimum atomic E-state index is -0.418. The zero-order valence-electron chi connectivity index (χ0n) is 14.9. The minimum Gasteiger partial charge on any atom is -0.359 e. The molecule has 1 aromatic rings. The van der Waals surface area contributed by atoms with Crippen LogP contribution >= 0.6 is 0 Å². The monoisotopic (exact) mass is 333 g/mol. The molecule has 0 saturated heterocycles. The van der Waals surface area contributed by atoms with E-state index in [9.17, 15) is 14.4 Å². The lowest BCUT2D eigenvalue weighted by molar-refractivity contribution is -0.128. The standard InChI is InChI=1S/C18H27N3O3/c1-18(2,3)17(24)20-11-5-6-15(22)21-14-9-7-13(8-10-14)12-16(23)19-4/h7-10H,5-6,11-12H2,1-4H3,(H,19,23)(H,20,24)(H,21,22). The first-order chi connectivity index (χ1) is 11.2. The molecule has 132 valence electrons. The Morgan fingerprint density at radius 3 is 2.17 bits per heavy atom. The van der Waals surface area contributed by atoms with Crippen LogP contribution in [0.2, 0.25) is 0 Å². The number of anilines is 1. The first kappa shape index (κ1) is 19.7. The molecule has 1 aromatic carbocycles. The van der Waals surface area contributed by atoms with Gasteiger partial charge >= 0.3 is 0 Å². The molecule has 6 nitrogen and oxygen atoms in total. The zero-order valence-corrected chi connectivity index (χ0v) is 14.9. The summed E-state index contributed by atoms with van der Waals surface area (Å²) >= 11 is 0. The Morgan fingerprint density at radius 2 is 1.62 bits per heavy atom. The van der Waals surface area contributed by atoms with E-state index in [1.807, 2.05) is 32.9 Å². The van der Waals surface area contributed by atoms with Crippen molar-refractivity contribution in [3.8, 4) is 0 Å². The van der Waals surface area contributed by atoms with Crippen LogP contribution in [0.25, 0.3) is 0 Å². The molecule has 0 unspecified atom stereocenters. The van der Waals surface area contributed by atoms with Crippen molar-refractivity contribution in [3.63, 3.8) is 0 Å². The van der Waals surface area contributed by atoms with Gasteiger partial charge in [0.05, 0.1) is 6.42 Å². The second-order valence-electron chi connectivity index (χ2n) is 6.70. The number of carbonyl (C=O) groups is 3. The molecule has 0 aliphatic carbocycles. The fourth-order valence-corrected chi connectivity index (χ4v) is 1.92. The first-order valence-electron chi connectivity index (χ1n) is 8.10. The molecule has 24 heavy (non-hydrogen) atoms. The average molecular weight is 333 g/mol. The molecule has 0 spiro atoms. The lowest BCUT2D eigenvalue weighted by atomic mass is 9.96. The number of amides is 3. The van der Waals surface area contributed by atoms with E-state index in [2.05, 4.69) is 16.0 Å². The highest BCUT2D eigenvalue weighted by Gasteiger charge is 2.20. The van der Waals surface area contributed by atoms with Gasteiger partial charge in [-0.05, 0) is 24.1 Å². The van der Waals surface area contributed by atoms with Gasteiger partial charge in [-0.15, -0.1) is 0 Å². The van der Waals surface area contributed by atoms with Crippen molar-refractivity contribution in [2.24, 2.45) is 5.41 Å². The fraction of sp³-hybridized carbons (Fsp3) is 0.500. The van der Waals surface area contributed by atoms with Gasteiger partial charge in [0, 0.05) is 31.1 Å². The smallest absolute Gasteiger partial charge is 0.225 e. The van der Waals surface area contributed by atoms with Gasteiger partial charge in [0.15, 0.2) is 0 Å². The van der Waals surface area contributed by atoms with Crippen LogP contribution in [0, 0.1) is 5.41 Å². The van der Waals surface area contributed by atoms with E-state index >= 15 is 0 Å². The van der Waals surface area contributed by atoms with Crippen molar-refractivity contribution in [2.45, 2.75) is 40.0 Å². The van der Waals surface area contributed by atoms with Crippen LogP contribution in [-0.4, -0.2) is 31.3 Å². The van der Waals surface area contributed by atoms with E-state index in [1.165, 1.54) is 0 Å². The number of benzene rings is 1. The number of carbonyl (C=O) groups excluding carboxylic acids is 3. The van der Waals surface area contributed by atoms with E-state index in [0.29, 0.717) is 31.5 Å². The molecule has 0 fully saturated rings. The van der Waals surface area contributed by atoms with Gasteiger partial charge in [-0.25, -0.2) is 0 Å². The maximum Gasteiger partial charge on any atom is 0.225 e. The number of likely N-dealkylation sites (N-methyl/N-ethyl adjacent to an activating group) is 1. The fourth-order valence-electron chi connectivity index (χ4n) is 1.92. The van der Waals surface area contributed by atoms with Crippen molar-refractivity contribution in [1.82, 2.24) is 10.6 Å². The molecule has 0 saturated carbocycles. The SMILES string of the molecule is CNC(=O)Cc1ccc(NC(=O)CCCNC(=O)C(C)(C)C)cc1. The Balaban J connectivity index is 2.32. The van der Waals surface area contributed by atoms with Crippen LogP contribution in [0.3, 0.4) is 0 Å². The Hall–Kier alpha value is -2.37. The van der Waals surface area contributed by atoms with Gasteiger partial charge in [-0.2, -0.15) is 0 Å². The zero-order chi connectivity index (χ0) is 18.2. The van der Waals surface area contributed by atoms with Gasteiger partial charge in [0.25, 0.3) is 0 Å². The molecule has 0 aromatic heterocycles. The molecule has 0 aliphatic rings. The van der Waals surface area contributed by atoms with Crippen LogP contribution < -0.4 is 16.0 Å². The summed E-state index contributed by atoms with van der Waals surface area (Å²) in [5.41, 5.74) is 1.16. The van der Waals surface area contributed by atoms with Crippen molar-refractivity contribution < 1.29 is 14.4 Å². The van der Waals surface area contributed by atoms with Crippen molar-refractivity contribution in [1.29, 1.82) is 0 Å². The molecule has 0 bridgehead atoms. The molecule has 3 amide bonds. The van der Waals surface area contributed by atoms with Gasteiger partial charge in [0.2, 0.25) is 17.7 Å². The summed E-state index contributed by atoms with van der Waals surface area (Å²) in [4.78, 5) is 34.9. The molecular weight excluding hydrogens is 306 g/mol. The summed E-state index contributed by atoms with van der Waals surface area (Å²) in [5, 5.41) is 8.19. The second-order valence-corrected chi connectivity index (χ2v) is 6.70. The third-order valence-electron chi connectivity index (χ3n) is 3.43. The largest absolute Gasteiger partial charge is 0.359 e. The molecule has 0 aliphatic heterocycles. The van der Waals surface area contributed by atoms with E-state index < -0.39 is 5.41 Å². The third-order valence-corrected chi connectivity index (χ3v) is 3.43. The molecule has 0 heterocycles. The summed E-state index contributed by atoms with van der Waals surface area (Å²) in [5.74, 6) is -0.169. The summed E-state index contributed by atoms with van der Waals surface area (Å²) in [6.45, 7) is 6.03. The number of rotatable bonds is 7. The summed E-state index contributed by atoms with van der Waals surface area (Å²) in [7, 11) is 1.60. The first-order valence-corrected chi connectivity index (χ1v) is 8.10. The Morgan fingerprint density at radius 1 is 1.00 bits per heavy atom. The van der Waals surface area contributed by atoms with Crippen molar-refractivity contribution in [3.05, 3.63) is 29.8 Å². The van der Waals surface area contributed by atoms with Crippen LogP contribution in [0.15, 0.2) is 24.3 Å². The predicted octanol–water partition coefficient (Wildman–Crippen LogP) is 1.86. The van der Waals surface area contributed by atoms with Gasteiger partial charge in [-0.3, -0.25) is 14.4 Å². The lowest BCUT2D eigenvalue weighted by Gasteiger charge is -2.17. The lowest BCUT2D eigenvalue weighted by Crippen LogP contribution is -2.35. The average Bonchev–Trinajstić information content (AvgIpc) is 2.52. The predicted molar refractivity (Wildman–Crippen MR) is 94.5 cm³/mol. The Bertz CT molecular complexity index is 574. The molecule has 0 atom stereocenters. The van der Waals surface area contributed by atoms with Crippen LogP contribution in [0.1, 0.15) is 39.2 Å². The number of hydrogen-bond acceptors (Lipinski definition) is 3. The van der Waals surface area contributed by atoms with Gasteiger partial charge < -0.3 is 16.0 Å². The highest BCUT2D eigenvalue weighted by atomic mass is 16.2. The quantitative estimate of drug-likeness (QED) is 0.666. The molecule has 0 radical (unpaired) electrons. The Labute approximate surface area is 143 Å². The van der Waals surface area contributed by atoms with E-state index in [-0.39, 0.29) is 17.7 Å². The van der Waals surface area contributed by atoms with E-state index in [4.69, 9.17) is 0 Å². The molecular formula is C18H27N3O3. The van der Waals surface area contributed by atoms with E-state index in [1.54, 1.807) is 19.2 Å². The van der Waals surface area contributed by atoms with Gasteiger partial charge in [0.1, 0.15) is 0 Å². The minimum absolute atomic E-state index is 0.0189. The molecule has 6 heteroatoms. The maximum atomic E-state index is 11.9. The van der Waals surface area contributed by atoms with Crippen molar-refractivity contribution >= 4 is 23.4 Å². The van der Waals surface area contributed by atoms with Crippen LogP contribution in [0.4, 0.5) is 5.69 Å². The summed E-state index contributed by atoms with van der Waals surface area (Å²) < 4.78 is 0. The number of hydrogen-bond donors (Lipinski definition) is 3. The Kier molecular flexibility index (Phi) is 7.42. The molecule has 3 N–H and O–H groups in total. The third kappa shape index (κ3) is 7.26. The normalized spacial score (nSPS) is 10.8. The number of nitrogens with one attached hydrogen (secondary N) is 3. The van der Waals surface area contributed by atoms with Crippen LogP contribution in [0.5, 0.6) is 0 Å². The maximum absolute atomic E-state index is 11.9. The molecule has 1 rings (SSSR count). The van der Waals surface area contributed by atoms with Crippen LogP contribution in [-0.2, 0) is 20.8 Å². The highest BCUT2D eigenvalue weighted by Crippen LogP contribution is 2.13. The summed E-state index contributed by atoms with van der Waals surface area (Å²) in [6.07, 6.45) is 1.24. The van der Waals surface area contributed by atoms with Gasteiger partial charge in [-0.1, -0.05) is 32.9 Å². The van der Waals surface area contributed by atoms with Crippen molar-refractivity contribution in [2.75, 3.05) is 18.9 Å².